The van der Waals surface area contributed by atoms with Crippen LogP contribution in [0.1, 0.15) is 34.6 Å². The van der Waals surface area contributed by atoms with Gasteiger partial charge in [0.1, 0.15) is 0 Å². The molecule has 156 valence electrons. The number of nitrogens with one attached hydrogen (secondary N) is 2. The standard InChI is InChI=1S/C20H26N4O4S/c1-5-24(6-2)29(27,28)18-9-7-8-16(14-18)20(26)22-21-19(25)15-10-12-17(13-11-15)23(3)4/h7-14H,5-6H2,1-4H3,(H,21,25)(H,22,26). The van der Waals surface area contributed by atoms with E-state index in [1.54, 1.807) is 38.1 Å². The van der Waals surface area contributed by atoms with Crippen LogP contribution in [-0.2, 0) is 10.0 Å². The number of nitrogens with zero attached hydrogens (tertiary/aromatic N) is 2. The third-order valence-corrected chi connectivity index (χ3v) is 6.42. The van der Waals surface area contributed by atoms with Crippen LogP contribution in [0.2, 0.25) is 0 Å². The first kappa shape index (κ1) is 22.4. The topological polar surface area (TPSA) is 98.8 Å². The van der Waals surface area contributed by atoms with Crippen LogP contribution in [0.4, 0.5) is 5.69 Å². The number of hydrogen-bond acceptors (Lipinski definition) is 5. The maximum absolute atomic E-state index is 12.6. The summed E-state index contributed by atoms with van der Waals surface area (Å²) in [7, 11) is 0.105. The van der Waals surface area contributed by atoms with Crippen molar-refractivity contribution in [3.8, 4) is 0 Å². The molecule has 2 aromatic carbocycles. The lowest BCUT2D eigenvalue weighted by Crippen LogP contribution is -2.41. The van der Waals surface area contributed by atoms with Crippen LogP contribution < -0.4 is 15.8 Å². The highest BCUT2D eigenvalue weighted by Crippen LogP contribution is 2.17. The molecule has 2 amide bonds. The van der Waals surface area contributed by atoms with Gasteiger partial charge in [-0.3, -0.25) is 20.4 Å². The molecule has 0 bridgehead atoms. The van der Waals surface area contributed by atoms with Gasteiger partial charge in [-0.25, -0.2) is 8.42 Å². The van der Waals surface area contributed by atoms with Gasteiger partial charge in [0.25, 0.3) is 11.8 Å². The van der Waals surface area contributed by atoms with Crippen molar-refractivity contribution in [2.45, 2.75) is 18.7 Å². The van der Waals surface area contributed by atoms with E-state index in [4.69, 9.17) is 0 Å². The molecule has 0 radical (unpaired) electrons. The summed E-state index contributed by atoms with van der Waals surface area (Å²) in [5, 5.41) is 0. The first-order chi connectivity index (χ1) is 13.7. The highest BCUT2D eigenvalue weighted by atomic mass is 32.2. The number of hydrazine groups is 1. The van der Waals surface area contributed by atoms with E-state index >= 15 is 0 Å². The van der Waals surface area contributed by atoms with E-state index in [0.717, 1.165) is 5.69 Å². The van der Waals surface area contributed by atoms with E-state index in [0.29, 0.717) is 18.7 Å². The Morgan fingerprint density at radius 1 is 0.862 bits per heavy atom. The van der Waals surface area contributed by atoms with E-state index < -0.39 is 21.8 Å². The molecule has 0 aliphatic heterocycles. The Balaban J connectivity index is 2.08. The summed E-state index contributed by atoms with van der Waals surface area (Å²) in [6, 6.07) is 12.6. The lowest BCUT2D eigenvalue weighted by Gasteiger charge is -2.18. The maximum atomic E-state index is 12.6. The van der Waals surface area contributed by atoms with Crippen molar-refractivity contribution in [3.63, 3.8) is 0 Å². The molecule has 0 unspecified atom stereocenters. The molecule has 0 saturated carbocycles. The molecule has 29 heavy (non-hydrogen) atoms. The summed E-state index contributed by atoms with van der Waals surface area (Å²) in [4.78, 5) is 26.5. The molecule has 2 aromatic rings. The molecule has 0 saturated heterocycles. The predicted molar refractivity (Wildman–Crippen MR) is 112 cm³/mol. The highest BCUT2D eigenvalue weighted by Gasteiger charge is 2.22. The number of amides is 2. The molecule has 8 nitrogen and oxygen atoms in total. The molecule has 0 fully saturated rings. The smallest absolute Gasteiger partial charge is 0.269 e. The third-order valence-electron chi connectivity index (χ3n) is 4.37. The minimum Gasteiger partial charge on any atom is -0.378 e. The Labute approximate surface area is 171 Å². The second kappa shape index (κ2) is 9.53. The van der Waals surface area contributed by atoms with Gasteiger partial charge in [0.15, 0.2) is 0 Å². The Hall–Kier alpha value is -2.91. The Bertz CT molecular complexity index is 968. The van der Waals surface area contributed by atoms with E-state index in [1.165, 1.54) is 28.6 Å². The van der Waals surface area contributed by atoms with Crippen molar-refractivity contribution in [3.05, 3.63) is 59.7 Å². The van der Waals surface area contributed by atoms with E-state index in [1.807, 2.05) is 19.0 Å². The zero-order chi connectivity index (χ0) is 21.6. The molecular formula is C20H26N4O4S. The van der Waals surface area contributed by atoms with Crippen LogP contribution in [-0.4, -0.2) is 51.7 Å². The summed E-state index contributed by atoms with van der Waals surface area (Å²) >= 11 is 0. The summed E-state index contributed by atoms with van der Waals surface area (Å²) in [5.74, 6) is -1.09. The average molecular weight is 419 g/mol. The van der Waals surface area contributed by atoms with Gasteiger partial charge in [0.05, 0.1) is 4.90 Å². The summed E-state index contributed by atoms with van der Waals surface area (Å²) < 4.78 is 26.5. The molecule has 0 aromatic heterocycles. The van der Waals surface area contributed by atoms with Gasteiger partial charge < -0.3 is 4.90 Å². The largest absolute Gasteiger partial charge is 0.378 e. The van der Waals surface area contributed by atoms with Gasteiger partial charge in [0, 0.05) is 44.0 Å². The minimum absolute atomic E-state index is 0.0273. The van der Waals surface area contributed by atoms with Crippen molar-refractivity contribution in [1.82, 2.24) is 15.2 Å². The summed E-state index contributed by atoms with van der Waals surface area (Å²) in [6.45, 7) is 4.16. The second-order valence-corrected chi connectivity index (χ2v) is 8.40. The number of sulfonamides is 1. The lowest BCUT2D eigenvalue weighted by molar-refractivity contribution is 0.0846. The van der Waals surface area contributed by atoms with Gasteiger partial charge >= 0.3 is 0 Å². The van der Waals surface area contributed by atoms with Crippen molar-refractivity contribution < 1.29 is 18.0 Å². The van der Waals surface area contributed by atoms with Crippen molar-refractivity contribution in [2.24, 2.45) is 0 Å². The molecule has 9 heteroatoms. The maximum Gasteiger partial charge on any atom is 0.269 e. The minimum atomic E-state index is -3.68. The van der Waals surface area contributed by atoms with Crippen LogP contribution in [0.3, 0.4) is 0 Å². The molecule has 0 aliphatic carbocycles. The van der Waals surface area contributed by atoms with Gasteiger partial charge in [0.2, 0.25) is 10.0 Å². The highest BCUT2D eigenvalue weighted by molar-refractivity contribution is 7.89. The Morgan fingerprint density at radius 2 is 1.41 bits per heavy atom. The van der Waals surface area contributed by atoms with Crippen molar-refractivity contribution in [2.75, 3.05) is 32.1 Å². The average Bonchev–Trinajstić information content (AvgIpc) is 2.72. The number of hydrogen-bond donors (Lipinski definition) is 2. The summed E-state index contributed by atoms with van der Waals surface area (Å²) in [5.41, 5.74) is 6.10. The fourth-order valence-corrected chi connectivity index (χ4v) is 4.18. The van der Waals surface area contributed by atoms with Crippen LogP contribution in [0.5, 0.6) is 0 Å². The number of rotatable bonds is 7. The Kier molecular flexibility index (Phi) is 7.35. The molecule has 0 heterocycles. The first-order valence-corrected chi connectivity index (χ1v) is 10.6. The molecule has 0 atom stereocenters. The second-order valence-electron chi connectivity index (χ2n) is 6.47. The quantitative estimate of drug-likeness (QED) is 0.669. The monoisotopic (exact) mass is 418 g/mol. The normalized spacial score (nSPS) is 11.2. The zero-order valence-corrected chi connectivity index (χ0v) is 17.8. The zero-order valence-electron chi connectivity index (χ0n) is 17.0. The number of anilines is 1. The van der Waals surface area contributed by atoms with Gasteiger partial charge in [-0.2, -0.15) is 4.31 Å². The molecular weight excluding hydrogens is 392 g/mol. The van der Waals surface area contributed by atoms with Crippen molar-refractivity contribution >= 4 is 27.5 Å². The van der Waals surface area contributed by atoms with E-state index in [2.05, 4.69) is 10.9 Å². The lowest BCUT2D eigenvalue weighted by atomic mass is 10.2. The molecule has 2 N–H and O–H groups in total. The van der Waals surface area contributed by atoms with Gasteiger partial charge in [-0.15, -0.1) is 0 Å². The fourth-order valence-electron chi connectivity index (χ4n) is 2.68. The summed E-state index contributed by atoms with van der Waals surface area (Å²) in [6.07, 6.45) is 0. The van der Waals surface area contributed by atoms with Crippen LogP contribution in [0.15, 0.2) is 53.4 Å². The van der Waals surface area contributed by atoms with Crippen LogP contribution in [0.25, 0.3) is 0 Å². The SMILES string of the molecule is CCN(CC)S(=O)(=O)c1cccc(C(=O)NNC(=O)c2ccc(N(C)C)cc2)c1. The van der Waals surface area contributed by atoms with E-state index in [-0.39, 0.29) is 10.5 Å². The van der Waals surface area contributed by atoms with E-state index in [9.17, 15) is 18.0 Å². The van der Waals surface area contributed by atoms with Crippen molar-refractivity contribution in [1.29, 1.82) is 0 Å². The third kappa shape index (κ3) is 5.33. The first-order valence-electron chi connectivity index (χ1n) is 9.19. The van der Waals surface area contributed by atoms with Gasteiger partial charge in [-0.1, -0.05) is 19.9 Å². The molecule has 0 aliphatic rings. The molecule has 0 spiro atoms. The van der Waals surface area contributed by atoms with Crippen LogP contribution >= 0.6 is 0 Å². The number of carbonyl (C=O) groups excluding carboxylic acids is 2. The number of benzene rings is 2. The molecule has 2 rings (SSSR count). The van der Waals surface area contributed by atoms with Gasteiger partial charge in [-0.05, 0) is 42.5 Å². The fraction of sp³-hybridized carbons (Fsp3) is 0.300. The van der Waals surface area contributed by atoms with Crippen LogP contribution in [0, 0.1) is 0 Å². The predicted octanol–water partition coefficient (Wildman–Crippen LogP) is 1.86. The number of carbonyl (C=O) groups is 2. The Morgan fingerprint density at radius 3 is 1.93 bits per heavy atom.